The van der Waals surface area contributed by atoms with E-state index in [1.165, 1.54) is 20.2 Å². The molecule has 0 N–H and O–H groups in total. The van der Waals surface area contributed by atoms with Crippen LogP contribution in [0.15, 0.2) is 132 Å². The van der Waals surface area contributed by atoms with Crippen molar-refractivity contribution < 1.29 is 4.42 Å². The Kier molecular flexibility index (Phi) is 5.10. The molecule has 0 bridgehead atoms. The van der Waals surface area contributed by atoms with Crippen LogP contribution in [-0.2, 0) is 0 Å². The van der Waals surface area contributed by atoms with Crippen molar-refractivity contribution in [1.82, 2.24) is 0 Å². The summed E-state index contributed by atoms with van der Waals surface area (Å²) in [5.41, 5.74) is 8.84. The molecule has 2 heterocycles. The lowest BCUT2D eigenvalue weighted by atomic mass is 9.85. The summed E-state index contributed by atoms with van der Waals surface area (Å²) >= 11 is 1.82. The fourth-order valence-electron chi connectivity index (χ4n) is 5.87. The monoisotopic (exact) mass is 527 g/mol. The summed E-state index contributed by atoms with van der Waals surface area (Å²) in [7, 11) is 0. The summed E-state index contributed by atoms with van der Waals surface area (Å²) in [5, 5.41) is 14.8. The first-order valence-electron chi connectivity index (χ1n) is 13.2. The van der Waals surface area contributed by atoms with Gasteiger partial charge in [0.15, 0.2) is 0 Å². The van der Waals surface area contributed by atoms with Gasteiger partial charge in [-0.05, 0) is 81.9 Å². The molecule has 3 heteroatoms. The van der Waals surface area contributed by atoms with Gasteiger partial charge in [-0.1, -0.05) is 78.9 Å². The van der Waals surface area contributed by atoms with E-state index < -0.39 is 0 Å². The van der Waals surface area contributed by atoms with Crippen LogP contribution >= 0.6 is 11.3 Å². The van der Waals surface area contributed by atoms with Gasteiger partial charge < -0.3 is 4.42 Å². The van der Waals surface area contributed by atoms with Gasteiger partial charge in [-0.2, -0.15) is 5.26 Å². The van der Waals surface area contributed by atoms with Crippen LogP contribution in [0.4, 0.5) is 0 Å². The number of hydrogen-bond acceptors (Lipinski definition) is 3. The molecule has 186 valence electrons. The number of hydrogen-bond donors (Lipinski definition) is 0. The minimum atomic E-state index is 0.636. The van der Waals surface area contributed by atoms with E-state index in [1.807, 2.05) is 53.8 Å². The average molecular weight is 528 g/mol. The zero-order valence-electron chi connectivity index (χ0n) is 21.4. The lowest BCUT2D eigenvalue weighted by molar-refractivity contribution is 0.669. The molecule has 2 aromatic heterocycles. The van der Waals surface area contributed by atoms with E-state index in [1.54, 1.807) is 0 Å². The van der Waals surface area contributed by atoms with E-state index in [-0.39, 0.29) is 0 Å². The maximum atomic E-state index is 10.1. The van der Waals surface area contributed by atoms with Crippen molar-refractivity contribution in [2.24, 2.45) is 0 Å². The number of nitriles is 1. The van der Waals surface area contributed by atoms with Crippen molar-refractivity contribution >= 4 is 53.4 Å². The topological polar surface area (TPSA) is 36.9 Å². The predicted molar refractivity (Wildman–Crippen MR) is 168 cm³/mol. The van der Waals surface area contributed by atoms with Crippen LogP contribution in [-0.4, -0.2) is 0 Å². The van der Waals surface area contributed by atoms with Gasteiger partial charge in [-0.15, -0.1) is 11.3 Å². The summed E-state index contributed by atoms with van der Waals surface area (Å²) in [5.74, 6) is 0. The molecule has 0 unspecified atom stereocenters. The molecule has 0 radical (unpaired) electrons. The Hall–Kier alpha value is -5.17. The van der Waals surface area contributed by atoms with E-state index in [2.05, 4.69) is 91.0 Å². The zero-order valence-corrected chi connectivity index (χ0v) is 22.2. The fourth-order valence-corrected chi connectivity index (χ4v) is 6.95. The molecule has 0 aliphatic carbocycles. The van der Waals surface area contributed by atoms with Gasteiger partial charge in [-0.3, -0.25) is 0 Å². The Morgan fingerprint density at radius 2 is 1.12 bits per heavy atom. The first-order valence-corrected chi connectivity index (χ1v) is 14.1. The first kappa shape index (κ1) is 22.8. The molecule has 0 atom stereocenters. The van der Waals surface area contributed by atoms with E-state index in [0.29, 0.717) is 5.56 Å². The minimum Gasteiger partial charge on any atom is -0.456 e. The summed E-state index contributed by atoms with van der Waals surface area (Å²) in [6, 6.07) is 46.7. The van der Waals surface area contributed by atoms with Crippen molar-refractivity contribution in [1.29, 1.82) is 5.26 Å². The molecule has 2 nitrogen and oxygen atoms in total. The average Bonchev–Trinajstić information content (AvgIpc) is 3.58. The highest BCUT2D eigenvalue weighted by atomic mass is 32.1. The van der Waals surface area contributed by atoms with Crippen LogP contribution in [0.2, 0.25) is 0 Å². The molecule has 6 aromatic carbocycles. The lowest BCUT2D eigenvalue weighted by Crippen LogP contribution is -1.93. The molecule has 0 saturated heterocycles. The molecule has 40 heavy (non-hydrogen) atoms. The summed E-state index contributed by atoms with van der Waals surface area (Å²) in [6.07, 6.45) is 0. The Labute approximate surface area is 235 Å². The molecule has 0 aliphatic rings. The molecule has 8 aromatic rings. The van der Waals surface area contributed by atoms with Gasteiger partial charge in [0.1, 0.15) is 11.2 Å². The second kappa shape index (κ2) is 8.95. The third-order valence-corrected chi connectivity index (χ3v) is 8.86. The van der Waals surface area contributed by atoms with Gasteiger partial charge in [0, 0.05) is 30.9 Å². The van der Waals surface area contributed by atoms with Crippen LogP contribution in [0, 0.1) is 11.3 Å². The standard InChI is InChI=1S/C37H21NOS/c38-22-23-18-29(25-14-16-34-31(20-25)27-10-4-6-12-33(27)39-34)37(24-8-2-1-3-9-24)30(19-23)26-15-17-36-32(21-26)28-11-5-7-13-35(28)40-36/h1-21H. The van der Waals surface area contributed by atoms with Crippen LogP contribution in [0.1, 0.15) is 5.56 Å². The van der Waals surface area contributed by atoms with Crippen molar-refractivity contribution in [3.63, 3.8) is 0 Å². The van der Waals surface area contributed by atoms with E-state index in [4.69, 9.17) is 4.42 Å². The minimum absolute atomic E-state index is 0.636. The Balaban J connectivity index is 1.44. The third-order valence-electron chi connectivity index (χ3n) is 7.71. The zero-order chi connectivity index (χ0) is 26.6. The SMILES string of the molecule is N#Cc1cc(-c2ccc3oc4ccccc4c3c2)c(-c2ccccc2)c(-c2ccc3sc4ccccc4c3c2)c1. The van der Waals surface area contributed by atoms with Crippen molar-refractivity contribution in [2.45, 2.75) is 0 Å². The maximum Gasteiger partial charge on any atom is 0.135 e. The number of benzene rings is 6. The molecular weight excluding hydrogens is 506 g/mol. The van der Waals surface area contributed by atoms with Gasteiger partial charge in [0.25, 0.3) is 0 Å². The first-order chi connectivity index (χ1) is 19.8. The normalized spacial score (nSPS) is 11.5. The molecule has 0 spiro atoms. The number of para-hydroxylation sites is 1. The smallest absolute Gasteiger partial charge is 0.135 e. The molecule has 0 amide bonds. The highest BCUT2D eigenvalue weighted by Gasteiger charge is 2.18. The second-order valence-electron chi connectivity index (χ2n) is 10.0. The quantitative estimate of drug-likeness (QED) is 0.229. The molecule has 0 fully saturated rings. The van der Waals surface area contributed by atoms with Gasteiger partial charge in [-0.25, -0.2) is 0 Å². The summed E-state index contributed by atoms with van der Waals surface area (Å²) in [6.45, 7) is 0. The number of furan rings is 1. The van der Waals surface area contributed by atoms with Crippen LogP contribution < -0.4 is 0 Å². The number of rotatable bonds is 3. The Morgan fingerprint density at radius 3 is 1.93 bits per heavy atom. The molecule has 8 rings (SSSR count). The maximum absolute atomic E-state index is 10.1. The van der Waals surface area contributed by atoms with Crippen LogP contribution in [0.3, 0.4) is 0 Å². The summed E-state index contributed by atoms with van der Waals surface area (Å²) in [4.78, 5) is 0. The summed E-state index contributed by atoms with van der Waals surface area (Å²) < 4.78 is 8.66. The fraction of sp³-hybridized carbons (Fsp3) is 0. The molecule has 0 saturated carbocycles. The van der Waals surface area contributed by atoms with Gasteiger partial charge in [0.05, 0.1) is 11.6 Å². The number of nitrogens with zero attached hydrogens (tertiary/aromatic N) is 1. The number of fused-ring (bicyclic) bond motifs is 6. The van der Waals surface area contributed by atoms with E-state index >= 15 is 0 Å². The Morgan fingerprint density at radius 1 is 0.500 bits per heavy atom. The number of thiophene rings is 1. The molecular formula is C37H21NOS. The lowest BCUT2D eigenvalue weighted by Gasteiger charge is -2.17. The van der Waals surface area contributed by atoms with E-state index in [9.17, 15) is 5.26 Å². The van der Waals surface area contributed by atoms with Crippen molar-refractivity contribution in [3.8, 4) is 39.4 Å². The largest absolute Gasteiger partial charge is 0.456 e. The van der Waals surface area contributed by atoms with Crippen LogP contribution in [0.5, 0.6) is 0 Å². The second-order valence-corrected chi connectivity index (χ2v) is 11.1. The van der Waals surface area contributed by atoms with Gasteiger partial charge >= 0.3 is 0 Å². The Bertz CT molecular complexity index is 2150. The van der Waals surface area contributed by atoms with Gasteiger partial charge in [0.2, 0.25) is 0 Å². The third kappa shape index (κ3) is 3.55. The highest BCUT2D eigenvalue weighted by molar-refractivity contribution is 7.25. The van der Waals surface area contributed by atoms with Crippen LogP contribution in [0.25, 0.3) is 75.5 Å². The van der Waals surface area contributed by atoms with Crippen molar-refractivity contribution in [2.75, 3.05) is 0 Å². The molecule has 0 aliphatic heterocycles. The predicted octanol–water partition coefficient (Wildman–Crippen LogP) is 10.8. The highest BCUT2D eigenvalue weighted by Crippen LogP contribution is 2.44. The van der Waals surface area contributed by atoms with E-state index in [0.717, 1.165) is 55.3 Å². The van der Waals surface area contributed by atoms with Crippen molar-refractivity contribution in [3.05, 3.63) is 133 Å².